The molecule has 2 N–H and O–H groups in total. The van der Waals surface area contributed by atoms with Gasteiger partial charge in [-0.25, -0.2) is 4.98 Å². The van der Waals surface area contributed by atoms with Crippen LogP contribution in [-0.2, 0) is 0 Å². The van der Waals surface area contributed by atoms with E-state index in [2.05, 4.69) is 94.7 Å². The zero-order valence-corrected chi connectivity index (χ0v) is 29.6. The number of nitrogens with one attached hydrogen (secondary N) is 2. The molecule has 2 aromatic heterocycles. The third-order valence-corrected chi connectivity index (χ3v) is 11.7. The lowest BCUT2D eigenvalue weighted by Crippen LogP contribution is -2.55. The first-order valence-corrected chi connectivity index (χ1v) is 19.3. The van der Waals surface area contributed by atoms with Crippen LogP contribution < -0.4 is 25.6 Å². The third-order valence-electron chi connectivity index (χ3n) is 9.76. The van der Waals surface area contributed by atoms with E-state index in [4.69, 9.17) is 9.72 Å². The van der Waals surface area contributed by atoms with Gasteiger partial charge in [-0.15, -0.1) is 0 Å². The molecule has 0 saturated carbocycles. The number of piperidine rings is 1. The van der Waals surface area contributed by atoms with Crippen LogP contribution in [0.3, 0.4) is 0 Å². The van der Waals surface area contributed by atoms with Crippen LogP contribution in [0, 0.1) is 6.92 Å². The molecule has 12 heteroatoms. The molecule has 1 unspecified atom stereocenters. The Hall–Kier alpha value is -3.11. The van der Waals surface area contributed by atoms with Crippen molar-refractivity contribution in [3.63, 3.8) is 0 Å². The summed E-state index contributed by atoms with van der Waals surface area (Å²) in [6.45, 7) is 13.8. The van der Waals surface area contributed by atoms with Crippen LogP contribution in [0.25, 0.3) is 11.0 Å². The lowest BCUT2D eigenvalue weighted by Gasteiger charge is -2.45. The number of nitrogens with zero attached hydrogens (tertiary/aromatic N) is 7. The van der Waals surface area contributed by atoms with E-state index in [1.807, 2.05) is 6.07 Å². The van der Waals surface area contributed by atoms with E-state index in [0.717, 1.165) is 57.1 Å². The Morgan fingerprint density at radius 3 is 2.50 bits per heavy atom. The van der Waals surface area contributed by atoms with Gasteiger partial charge in [0.2, 0.25) is 5.95 Å². The fourth-order valence-electron chi connectivity index (χ4n) is 7.44. The van der Waals surface area contributed by atoms with E-state index in [1.54, 1.807) is 25.7 Å². The second-order valence-corrected chi connectivity index (χ2v) is 15.9. The topological polar surface area (TPSA) is 94.6 Å². The summed E-state index contributed by atoms with van der Waals surface area (Å²) in [5.41, 5.74) is 6.07. The van der Waals surface area contributed by atoms with E-state index < -0.39 is 7.92 Å². The summed E-state index contributed by atoms with van der Waals surface area (Å²) in [7, 11) is 1.26. The van der Waals surface area contributed by atoms with Gasteiger partial charge in [-0.1, -0.05) is 7.92 Å². The van der Waals surface area contributed by atoms with Crippen LogP contribution in [0.15, 0.2) is 47.3 Å². The second-order valence-electron chi connectivity index (χ2n) is 12.8. The van der Waals surface area contributed by atoms with Crippen LogP contribution in [0.4, 0.5) is 28.8 Å². The molecule has 7 rings (SSSR count). The quantitative estimate of drug-likeness (QED) is 0.210. The largest absolute Gasteiger partial charge is 0.494 e. The van der Waals surface area contributed by atoms with Crippen molar-refractivity contribution in [1.29, 1.82) is 0 Å². The van der Waals surface area contributed by atoms with Gasteiger partial charge in [0.05, 0.1) is 28.3 Å². The molecule has 0 radical (unpaired) electrons. The Morgan fingerprint density at radius 2 is 1.70 bits per heavy atom. The molecule has 3 aliphatic heterocycles. The minimum Gasteiger partial charge on any atom is -0.494 e. The van der Waals surface area contributed by atoms with Gasteiger partial charge in [0.15, 0.2) is 0 Å². The van der Waals surface area contributed by atoms with E-state index in [1.165, 1.54) is 63.1 Å². The van der Waals surface area contributed by atoms with Gasteiger partial charge in [0.1, 0.15) is 11.6 Å². The van der Waals surface area contributed by atoms with Gasteiger partial charge >= 0.3 is 0 Å². The third kappa shape index (κ3) is 6.39. The zero-order chi connectivity index (χ0) is 31.8. The second kappa shape index (κ2) is 13.6. The number of hydrogen-bond donors (Lipinski definition) is 2. The number of piperazine rings is 1. The van der Waals surface area contributed by atoms with E-state index in [0.29, 0.717) is 17.8 Å². The van der Waals surface area contributed by atoms with E-state index in [-0.39, 0.29) is 0 Å². The van der Waals surface area contributed by atoms with Crippen molar-refractivity contribution in [3.8, 4) is 5.75 Å². The molecule has 0 bridgehead atoms. The van der Waals surface area contributed by atoms with Gasteiger partial charge in [-0.05, 0) is 92.2 Å². The predicted octanol–water partition coefficient (Wildman–Crippen LogP) is 6.10. The van der Waals surface area contributed by atoms with Crippen molar-refractivity contribution in [2.45, 2.75) is 44.7 Å². The number of ether oxygens (including phenoxy) is 1. The van der Waals surface area contributed by atoms with Crippen molar-refractivity contribution in [2.75, 3.05) is 75.2 Å². The summed E-state index contributed by atoms with van der Waals surface area (Å²) >= 11 is 3.65. The molecule has 3 fully saturated rings. The number of halogens is 1. The first-order chi connectivity index (χ1) is 22.4. The molecule has 0 aliphatic carbocycles. The van der Waals surface area contributed by atoms with Crippen LogP contribution in [-0.4, -0.2) is 102 Å². The predicted molar refractivity (Wildman–Crippen MR) is 193 cm³/mol. The number of fused-ring (bicyclic) bond motifs is 2. The summed E-state index contributed by atoms with van der Waals surface area (Å²) in [4.78, 5) is 26.6. The smallest absolute Gasteiger partial charge is 0.229 e. The van der Waals surface area contributed by atoms with E-state index >= 15 is 0 Å². The highest BCUT2D eigenvalue weighted by atomic mass is 79.9. The molecule has 10 nitrogen and oxygen atoms in total. The number of benzene rings is 2. The Labute approximate surface area is 281 Å². The molecule has 0 spiro atoms. The van der Waals surface area contributed by atoms with Gasteiger partial charge < -0.3 is 20.3 Å². The minimum absolute atomic E-state index is 0.461. The molecule has 4 aromatic rings. The zero-order valence-electron chi connectivity index (χ0n) is 27.1. The van der Waals surface area contributed by atoms with Crippen molar-refractivity contribution < 1.29 is 4.74 Å². The molecule has 3 saturated heterocycles. The molecule has 242 valence electrons. The van der Waals surface area contributed by atoms with Gasteiger partial charge in [0, 0.05) is 86.1 Å². The van der Waals surface area contributed by atoms with Gasteiger partial charge in [0.25, 0.3) is 0 Å². The Balaban J connectivity index is 1.06. The van der Waals surface area contributed by atoms with Crippen molar-refractivity contribution in [1.82, 2.24) is 29.7 Å². The first-order valence-electron chi connectivity index (χ1n) is 16.3. The molecule has 1 atom stereocenters. The summed E-state index contributed by atoms with van der Waals surface area (Å²) < 4.78 is 6.67. The summed E-state index contributed by atoms with van der Waals surface area (Å²) in [5.74, 6) is 1.93. The van der Waals surface area contributed by atoms with Gasteiger partial charge in [-0.3, -0.25) is 19.8 Å². The lowest BCUT2D eigenvalue weighted by atomic mass is 9.99. The normalized spacial score (nSPS) is 19.5. The van der Waals surface area contributed by atoms with Crippen LogP contribution in [0.5, 0.6) is 5.75 Å². The maximum absolute atomic E-state index is 5.90. The fraction of sp³-hybridized carbons (Fsp3) is 0.471. The fourth-order valence-corrected chi connectivity index (χ4v) is 8.94. The molecule has 3 aliphatic rings. The van der Waals surface area contributed by atoms with Crippen molar-refractivity contribution >= 4 is 69.0 Å². The number of methoxy groups -OCH3 is 1. The summed E-state index contributed by atoms with van der Waals surface area (Å²) in [5, 5.41) is 8.13. The standard InChI is InChI=1S/C34H43BrN9OP/c1-22-18-28(30(45-2)19-29(22)43-14-9-23(10-15-43)44-17-16-42-13-5-6-24(42)21-44)40-34-38-20-25(35)33(41-34)39-27-8-7-26-31(32(27)46(3)4)37-12-11-36-26/h7-8,11-12,18-20,23-24H,5-6,9-10,13-17,21H2,1-4H3,(H2,38,39,40,41). The first kappa shape index (κ1) is 31.5. The highest BCUT2D eigenvalue weighted by Gasteiger charge is 2.34. The number of anilines is 5. The average Bonchev–Trinajstić information content (AvgIpc) is 3.54. The number of hydrogen-bond acceptors (Lipinski definition) is 10. The van der Waals surface area contributed by atoms with Crippen LogP contribution >= 0.6 is 23.9 Å². The Bertz CT molecular complexity index is 1710. The molecule has 46 heavy (non-hydrogen) atoms. The molecule has 2 aromatic carbocycles. The van der Waals surface area contributed by atoms with Crippen LogP contribution in [0.1, 0.15) is 31.2 Å². The highest BCUT2D eigenvalue weighted by molar-refractivity contribution is 9.10. The highest BCUT2D eigenvalue weighted by Crippen LogP contribution is 2.38. The molecule has 5 heterocycles. The summed E-state index contributed by atoms with van der Waals surface area (Å²) in [6.07, 6.45) is 10.4. The monoisotopic (exact) mass is 703 g/mol. The molecular formula is C34H43BrN9OP. The summed E-state index contributed by atoms with van der Waals surface area (Å²) in [6, 6.07) is 9.85. The Morgan fingerprint density at radius 1 is 0.891 bits per heavy atom. The van der Waals surface area contributed by atoms with Gasteiger partial charge in [-0.2, -0.15) is 4.98 Å². The number of aromatic nitrogens is 4. The van der Waals surface area contributed by atoms with Crippen LogP contribution in [0.2, 0.25) is 0 Å². The molecular weight excluding hydrogens is 661 g/mol. The number of rotatable bonds is 8. The molecule has 0 amide bonds. The van der Waals surface area contributed by atoms with Crippen molar-refractivity contribution in [2.24, 2.45) is 0 Å². The lowest BCUT2D eigenvalue weighted by molar-refractivity contribution is 0.0623. The van der Waals surface area contributed by atoms with E-state index in [9.17, 15) is 0 Å². The average molecular weight is 705 g/mol. The number of aryl methyl sites for hydroxylation is 1. The minimum atomic E-state index is -0.461. The Kier molecular flexibility index (Phi) is 9.28. The maximum Gasteiger partial charge on any atom is 0.229 e. The SMILES string of the molecule is COc1cc(N2CCC(N3CCN4CCCC4C3)CC2)c(C)cc1Nc1ncc(Br)c(Nc2ccc3nccnc3c2P(C)C)n1. The van der Waals surface area contributed by atoms with Crippen molar-refractivity contribution in [3.05, 3.63) is 52.9 Å². The maximum atomic E-state index is 5.90.